The number of hydrogen-bond acceptors (Lipinski definition) is 2. The van der Waals surface area contributed by atoms with Crippen molar-refractivity contribution >= 4 is 29.4 Å². The van der Waals surface area contributed by atoms with Gasteiger partial charge in [0.15, 0.2) is 5.78 Å². The third-order valence-corrected chi connectivity index (χ3v) is 2.89. The molecule has 0 unspecified atom stereocenters. The molecule has 2 aromatic rings. The molecular formula is C15H14Cl2N2O. The molecule has 2 N–H and O–H groups in total. The molecule has 20 heavy (non-hydrogen) atoms. The third kappa shape index (κ3) is 4.08. The summed E-state index contributed by atoms with van der Waals surface area (Å²) in [5.41, 5.74) is 7.48. The molecule has 1 aromatic carbocycles. The first-order valence-corrected chi connectivity index (χ1v) is 6.19. The molecule has 0 fully saturated rings. The van der Waals surface area contributed by atoms with Crippen molar-refractivity contribution in [3.05, 3.63) is 64.8 Å². The van der Waals surface area contributed by atoms with Crippen molar-refractivity contribution in [3.63, 3.8) is 0 Å². The molecular weight excluding hydrogens is 295 g/mol. The van der Waals surface area contributed by atoms with Gasteiger partial charge < -0.3 is 12.4 Å². The number of aryl methyl sites for hydroxylation is 1. The van der Waals surface area contributed by atoms with Crippen LogP contribution in [0.1, 0.15) is 15.9 Å². The van der Waals surface area contributed by atoms with Crippen molar-refractivity contribution in [3.8, 4) is 0 Å². The molecule has 0 saturated carbocycles. The van der Waals surface area contributed by atoms with Crippen LogP contribution in [0.15, 0.2) is 48.7 Å². The van der Waals surface area contributed by atoms with E-state index in [1.54, 1.807) is 35.2 Å². The van der Waals surface area contributed by atoms with Crippen molar-refractivity contribution in [2.24, 2.45) is 0 Å². The summed E-state index contributed by atoms with van der Waals surface area (Å²) in [6.07, 6.45) is 4.73. The highest BCUT2D eigenvalue weighted by Gasteiger charge is 2.05. The fourth-order valence-electron chi connectivity index (χ4n) is 1.67. The molecule has 3 nitrogen and oxygen atoms in total. The zero-order valence-corrected chi connectivity index (χ0v) is 12.4. The largest absolute Gasteiger partial charge is 1.00 e. The van der Waals surface area contributed by atoms with E-state index in [-0.39, 0.29) is 18.2 Å². The van der Waals surface area contributed by atoms with Gasteiger partial charge in [-0.1, -0.05) is 35.4 Å². The first-order chi connectivity index (χ1) is 9.06. The lowest BCUT2D eigenvalue weighted by atomic mass is 10.1. The molecule has 0 atom stereocenters. The number of benzene rings is 1. The summed E-state index contributed by atoms with van der Waals surface area (Å²) in [7, 11) is 0. The number of nitrogens with zero attached hydrogens (tertiary/aromatic N) is 1. The van der Waals surface area contributed by atoms with E-state index in [2.05, 4.69) is 0 Å². The molecule has 0 aliphatic carbocycles. The standard InChI is InChI=1S/C15H13ClN2O.ClH/c1-11-3-2-4-12(9-11)14(19)7-8-18-10-13(16)5-6-15(18)17;/h2-10,17H,1H3;1H. The first-order valence-electron chi connectivity index (χ1n) is 5.81. The molecule has 0 amide bonds. The summed E-state index contributed by atoms with van der Waals surface area (Å²) in [5.74, 6) is 0.438. The Labute approximate surface area is 129 Å². The fraction of sp³-hybridized carbons (Fsp3) is 0.0667. The van der Waals surface area contributed by atoms with Crippen molar-refractivity contribution in [2.75, 3.05) is 5.73 Å². The Hall–Kier alpha value is -1.84. The predicted octanol–water partition coefficient (Wildman–Crippen LogP) is -0.124. The van der Waals surface area contributed by atoms with Crippen molar-refractivity contribution < 1.29 is 21.8 Å². The fourth-order valence-corrected chi connectivity index (χ4v) is 1.84. The van der Waals surface area contributed by atoms with Crippen LogP contribution in [0, 0.1) is 6.92 Å². The van der Waals surface area contributed by atoms with Gasteiger partial charge in [0.2, 0.25) is 0 Å². The van der Waals surface area contributed by atoms with Crippen LogP contribution in [0.2, 0.25) is 5.02 Å². The van der Waals surface area contributed by atoms with Gasteiger partial charge in [-0.2, -0.15) is 0 Å². The normalized spacial score (nSPS) is 10.3. The number of nitrogen functional groups attached to an aromatic ring is 1. The Morgan fingerprint density at radius 2 is 2.05 bits per heavy atom. The van der Waals surface area contributed by atoms with Crippen LogP contribution in [-0.2, 0) is 0 Å². The molecule has 0 radical (unpaired) electrons. The van der Waals surface area contributed by atoms with Gasteiger partial charge in [0.25, 0.3) is 5.82 Å². The summed E-state index contributed by atoms with van der Waals surface area (Å²) in [6.45, 7) is 1.95. The molecule has 0 aliphatic rings. The zero-order valence-electron chi connectivity index (χ0n) is 10.9. The van der Waals surface area contributed by atoms with Crippen LogP contribution < -0.4 is 22.7 Å². The second-order valence-corrected chi connectivity index (χ2v) is 4.67. The second-order valence-electron chi connectivity index (χ2n) is 4.23. The maximum absolute atomic E-state index is 12.0. The Balaban J connectivity index is 0.00000200. The predicted molar refractivity (Wildman–Crippen MR) is 76.9 cm³/mol. The van der Waals surface area contributed by atoms with Gasteiger partial charge in [0, 0.05) is 17.7 Å². The monoisotopic (exact) mass is 308 g/mol. The second kappa shape index (κ2) is 7.08. The van der Waals surface area contributed by atoms with Crippen LogP contribution in [0.4, 0.5) is 5.82 Å². The number of anilines is 1. The Kier molecular flexibility index (Phi) is 5.74. The highest BCUT2D eigenvalue weighted by molar-refractivity contribution is 6.30. The van der Waals surface area contributed by atoms with E-state index in [0.29, 0.717) is 16.4 Å². The minimum absolute atomic E-state index is 0. The van der Waals surface area contributed by atoms with Gasteiger partial charge in [-0.05, 0) is 19.1 Å². The molecule has 0 spiro atoms. The molecule has 5 heteroatoms. The molecule has 0 saturated heterocycles. The zero-order chi connectivity index (χ0) is 13.8. The molecule has 0 aliphatic heterocycles. The molecule has 0 bridgehead atoms. The number of hydrogen-bond donors (Lipinski definition) is 1. The third-order valence-electron chi connectivity index (χ3n) is 2.66. The van der Waals surface area contributed by atoms with Crippen LogP contribution in [0.25, 0.3) is 6.20 Å². The maximum atomic E-state index is 12.0. The summed E-state index contributed by atoms with van der Waals surface area (Å²) in [6, 6.07) is 10.8. The number of halogens is 2. The van der Waals surface area contributed by atoms with Crippen molar-refractivity contribution in [1.29, 1.82) is 0 Å². The molecule has 104 valence electrons. The smallest absolute Gasteiger partial charge is 0.277 e. The lowest BCUT2D eigenvalue weighted by Crippen LogP contribution is -3.00. The highest BCUT2D eigenvalue weighted by Crippen LogP contribution is 2.07. The van der Waals surface area contributed by atoms with Crippen molar-refractivity contribution in [2.45, 2.75) is 6.92 Å². The number of nitrogens with two attached hydrogens (primary N) is 1. The molecule has 1 heterocycles. The average Bonchev–Trinajstić information content (AvgIpc) is 2.39. The van der Waals surface area contributed by atoms with Gasteiger partial charge in [0.1, 0.15) is 6.20 Å². The minimum atomic E-state index is -0.0735. The maximum Gasteiger partial charge on any atom is 0.277 e. The number of allylic oxidation sites excluding steroid dienone is 1. The van der Waals surface area contributed by atoms with Crippen LogP contribution in [0.3, 0.4) is 0 Å². The van der Waals surface area contributed by atoms with Gasteiger partial charge >= 0.3 is 0 Å². The van der Waals surface area contributed by atoms with E-state index in [0.717, 1.165) is 5.56 Å². The number of aromatic nitrogens is 1. The Morgan fingerprint density at radius 3 is 2.75 bits per heavy atom. The summed E-state index contributed by atoms with van der Waals surface area (Å²) in [4.78, 5) is 12.0. The number of rotatable bonds is 3. The summed E-state index contributed by atoms with van der Waals surface area (Å²) >= 11 is 5.87. The topological polar surface area (TPSA) is 47.0 Å². The van der Waals surface area contributed by atoms with Crippen LogP contribution in [-0.4, -0.2) is 5.78 Å². The highest BCUT2D eigenvalue weighted by atomic mass is 35.5. The van der Waals surface area contributed by atoms with Gasteiger partial charge in [-0.25, -0.2) is 4.57 Å². The number of carbonyl (C=O) groups is 1. The van der Waals surface area contributed by atoms with Crippen LogP contribution in [0.5, 0.6) is 0 Å². The van der Waals surface area contributed by atoms with E-state index in [1.807, 2.05) is 25.1 Å². The van der Waals surface area contributed by atoms with E-state index in [1.165, 1.54) is 6.08 Å². The first kappa shape index (κ1) is 16.2. The summed E-state index contributed by atoms with van der Waals surface area (Å²) in [5, 5.41) is 0.557. The lowest BCUT2D eigenvalue weighted by molar-refractivity contribution is -0.552. The van der Waals surface area contributed by atoms with Crippen LogP contribution >= 0.6 is 11.6 Å². The van der Waals surface area contributed by atoms with Gasteiger partial charge in [-0.15, -0.1) is 0 Å². The average molecular weight is 309 g/mol. The quantitative estimate of drug-likeness (QED) is 0.488. The van der Waals surface area contributed by atoms with Crippen molar-refractivity contribution in [1.82, 2.24) is 0 Å². The minimum Gasteiger partial charge on any atom is -1.00 e. The summed E-state index contributed by atoms with van der Waals surface area (Å²) < 4.78 is 1.61. The van der Waals surface area contributed by atoms with Gasteiger partial charge in [-0.3, -0.25) is 10.5 Å². The van der Waals surface area contributed by atoms with E-state index in [9.17, 15) is 4.79 Å². The lowest BCUT2D eigenvalue weighted by Gasteiger charge is -1.98. The van der Waals surface area contributed by atoms with E-state index < -0.39 is 0 Å². The Bertz CT molecular complexity index is 654. The van der Waals surface area contributed by atoms with E-state index in [4.69, 9.17) is 17.3 Å². The SMILES string of the molecule is Cc1cccc(C(=O)C=C[n+]2cc(Cl)ccc2N)c1.[Cl-]. The van der Waals surface area contributed by atoms with Gasteiger partial charge in [0.05, 0.1) is 11.2 Å². The number of ketones is 1. The Morgan fingerprint density at radius 1 is 1.30 bits per heavy atom. The number of pyridine rings is 1. The van der Waals surface area contributed by atoms with E-state index >= 15 is 0 Å². The number of carbonyl (C=O) groups excluding carboxylic acids is 1. The molecule has 1 aromatic heterocycles. The molecule has 2 rings (SSSR count).